The number of anilines is 1. The minimum absolute atomic E-state index is 0.159. The number of carbonyl (C=O) groups is 1. The Morgan fingerprint density at radius 3 is 2.89 bits per heavy atom. The molecule has 2 aromatic heterocycles. The van der Waals surface area contributed by atoms with Gasteiger partial charge in [-0.3, -0.25) is 14.9 Å². The number of carbonyl (C=O) groups excluding carboxylic acids is 1. The van der Waals surface area contributed by atoms with Gasteiger partial charge < -0.3 is 11.1 Å². The van der Waals surface area contributed by atoms with Gasteiger partial charge in [-0.1, -0.05) is 12.2 Å². The van der Waals surface area contributed by atoms with Gasteiger partial charge in [0.1, 0.15) is 10.8 Å². The van der Waals surface area contributed by atoms with Crippen LogP contribution in [0.4, 0.5) is 5.82 Å². The molecule has 4 N–H and O–H groups in total. The van der Waals surface area contributed by atoms with Gasteiger partial charge in [-0.25, -0.2) is 0 Å². The number of nitrogens with one attached hydrogen (secondary N) is 2. The number of nitrogens with two attached hydrogens (primary N) is 1. The molecule has 8 heteroatoms. The highest BCUT2D eigenvalue weighted by Crippen LogP contribution is 2.14. The fraction of sp³-hybridized carbons (Fsp3) is 0. The Kier molecular flexibility index (Phi) is 3.68. The molecule has 6 nitrogen and oxygen atoms in total. The lowest BCUT2D eigenvalue weighted by atomic mass is 10.2. The summed E-state index contributed by atoms with van der Waals surface area (Å²) < 4.78 is 0.717. The third-order valence-corrected chi connectivity index (χ3v) is 2.76. The van der Waals surface area contributed by atoms with Crippen LogP contribution in [0.2, 0.25) is 0 Å². The van der Waals surface area contributed by atoms with E-state index in [4.69, 9.17) is 18.0 Å². The summed E-state index contributed by atoms with van der Waals surface area (Å²) in [7, 11) is 0. The third-order valence-electron chi connectivity index (χ3n) is 2.11. The number of aromatic nitrogens is 3. The van der Waals surface area contributed by atoms with Crippen molar-refractivity contribution in [2.45, 2.75) is 0 Å². The first-order valence-corrected chi connectivity index (χ1v) is 6.03. The molecule has 0 aliphatic rings. The normalized spacial score (nSPS) is 10.1. The van der Waals surface area contributed by atoms with E-state index in [1.54, 1.807) is 12.3 Å². The topological polar surface area (TPSA) is 96.7 Å². The maximum atomic E-state index is 11.9. The standard InChI is InChI=1S/C10H8BrN5OS/c11-6-1-5(2-13-3-6)10(17)15-9-7(8(12)18)4-14-16-9/h1-4H,(H2,12,18)(H2,14,15,16,17). The van der Waals surface area contributed by atoms with Crippen LogP contribution in [0.1, 0.15) is 15.9 Å². The molecule has 0 atom stereocenters. The van der Waals surface area contributed by atoms with Gasteiger partial charge in [0.25, 0.3) is 5.91 Å². The number of rotatable bonds is 3. The second-order valence-electron chi connectivity index (χ2n) is 3.37. The number of hydrogen-bond acceptors (Lipinski definition) is 4. The predicted molar refractivity (Wildman–Crippen MR) is 74.4 cm³/mol. The van der Waals surface area contributed by atoms with E-state index < -0.39 is 0 Å². The quantitative estimate of drug-likeness (QED) is 0.742. The van der Waals surface area contributed by atoms with Crippen LogP contribution in [0.5, 0.6) is 0 Å². The number of H-pyrrole nitrogens is 1. The zero-order valence-corrected chi connectivity index (χ0v) is 11.4. The van der Waals surface area contributed by atoms with Gasteiger partial charge in [0.15, 0.2) is 0 Å². The molecule has 0 aliphatic heterocycles. The van der Waals surface area contributed by atoms with E-state index >= 15 is 0 Å². The van der Waals surface area contributed by atoms with E-state index in [2.05, 4.69) is 36.4 Å². The Bertz CT molecular complexity index is 612. The maximum absolute atomic E-state index is 11.9. The molecule has 0 bridgehead atoms. The summed E-state index contributed by atoms with van der Waals surface area (Å²) in [6.07, 6.45) is 4.50. The lowest BCUT2D eigenvalue weighted by molar-refractivity contribution is 0.102. The molecular weight excluding hydrogens is 318 g/mol. The number of aromatic amines is 1. The third kappa shape index (κ3) is 2.71. The summed E-state index contributed by atoms with van der Waals surface area (Å²) in [5.74, 6) is 0.0398. The Balaban J connectivity index is 2.21. The lowest BCUT2D eigenvalue weighted by Gasteiger charge is -2.04. The molecule has 0 saturated heterocycles. The molecule has 0 unspecified atom stereocenters. The van der Waals surface area contributed by atoms with Crippen molar-refractivity contribution in [3.05, 3.63) is 40.3 Å². The first-order valence-electron chi connectivity index (χ1n) is 4.83. The van der Waals surface area contributed by atoms with Gasteiger partial charge in [-0.15, -0.1) is 0 Å². The molecule has 0 fully saturated rings. The van der Waals surface area contributed by atoms with Crippen molar-refractivity contribution in [2.24, 2.45) is 5.73 Å². The summed E-state index contributed by atoms with van der Waals surface area (Å²) in [6, 6.07) is 1.65. The van der Waals surface area contributed by atoms with Crippen molar-refractivity contribution < 1.29 is 4.79 Å². The average molecular weight is 326 g/mol. The Morgan fingerprint density at radius 2 is 2.22 bits per heavy atom. The molecule has 2 rings (SSSR count). The number of pyridine rings is 1. The van der Waals surface area contributed by atoms with Crippen molar-refractivity contribution in [3.8, 4) is 0 Å². The van der Waals surface area contributed by atoms with Crippen LogP contribution in [0.3, 0.4) is 0 Å². The summed E-state index contributed by atoms with van der Waals surface area (Å²) in [6.45, 7) is 0. The molecule has 0 saturated carbocycles. The van der Waals surface area contributed by atoms with E-state index in [-0.39, 0.29) is 10.9 Å². The Hall–Kier alpha value is -1.80. The largest absolute Gasteiger partial charge is 0.389 e. The Labute approximate surface area is 116 Å². The van der Waals surface area contributed by atoms with Crippen molar-refractivity contribution in [3.63, 3.8) is 0 Å². The first-order chi connectivity index (χ1) is 8.58. The van der Waals surface area contributed by atoms with E-state index in [9.17, 15) is 4.79 Å². The minimum Gasteiger partial charge on any atom is -0.389 e. The molecule has 18 heavy (non-hydrogen) atoms. The molecule has 0 aliphatic carbocycles. The maximum Gasteiger partial charge on any atom is 0.258 e. The van der Waals surface area contributed by atoms with Gasteiger partial charge in [0.2, 0.25) is 0 Å². The second-order valence-corrected chi connectivity index (χ2v) is 4.72. The van der Waals surface area contributed by atoms with E-state index in [0.717, 1.165) is 0 Å². The summed E-state index contributed by atoms with van der Waals surface area (Å²) in [5.41, 5.74) is 6.40. The SMILES string of the molecule is NC(=S)c1cn[nH]c1NC(=O)c1cncc(Br)c1. The van der Waals surface area contributed by atoms with Crippen LogP contribution < -0.4 is 11.1 Å². The van der Waals surface area contributed by atoms with E-state index in [1.807, 2.05) is 0 Å². The van der Waals surface area contributed by atoms with Crippen LogP contribution in [0.15, 0.2) is 29.1 Å². The fourth-order valence-electron chi connectivity index (χ4n) is 1.29. The van der Waals surface area contributed by atoms with Crippen LogP contribution >= 0.6 is 28.1 Å². The van der Waals surface area contributed by atoms with Crippen LogP contribution in [-0.4, -0.2) is 26.1 Å². The molecule has 2 aromatic rings. The second kappa shape index (κ2) is 5.23. The number of thiocarbonyl (C=S) groups is 1. The van der Waals surface area contributed by atoms with Crippen molar-refractivity contribution in [1.29, 1.82) is 0 Å². The van der Waals surface area contributed by atoms with Gasteiger partial charge in [-0.05, 0) is 22.0 Å². The van der Waals surface area contributed by atoms with Gasteiger partial charge in [0.05, 0.1) is 17.3 Å². The fourth-order valence-corrected chi connectivity index (χ4v) is 1.81. The number of hydrogen-bond donors (Lipinski definition) is 3. The van der Waals surface area contributed by atoms with Crippen molar-refractivity contribution in [1.82, 2.24) is 15.2 Å². The monoisotopic (exact) mass is 325 g/mol. The lowest BCUT2D eigenvalue weighted by Crippen LogP contribution is -2.17. The van der Waals surface area contributed by atoms with E-state index in [1.165, 1.54) is 12.4 Å². The average Bonchev–Trinajstić information content (AvgIpc) is 2.77. The minimum atomic E-state index is -0.328. The predicted octanol–water partition coefficient (Wildman–Crippen LogP) is 1.45. The van der Waals surface area contributed by atoms with Crippen molar-refractivity contribution in [2.75, 3.05) is 5.32 Å². The van der Waals surface area contributed by atoms with Crippen LogP contribution in [0.25, 0.3) is 0 Å². The molecule has 0 spiro atoms. The number of nitrogens with zero attached hydrogens (tertiary/aromatic N) is 2. The molecule has 2 heterocycles. The highest BCUT2D eigenvalue weighted by Gasteiger charge is 2.12. The molecule has 1 amide bonds. The smallest absolute Gasteiger partial charge is 0.258 e. The summed E-state index contributed by atoms with van der Waals surface area (Å²) >= 11 is 8.08. The highest BCUT2D eigenvalue weighted by molar-refractivity contribution is 9.10. The van der Waals surface area contributed by atoms with Crippen LogP contribution in [-0.2, 0) is 0 Å². The van der Waals surface area contributed by atoms with Crippen LogP contribution in [0, 0.1) is 0 Å². The number of halogens is 1. The Morgan fingerprint density at radius 1 is 1.44 bits per heavy atom. The summed E-state index contributed by atoms with van der Waals surface area (Å²) in [5, 5.41) is 9.03. The first kappa shape index (κ1) is 12.7. The zero-order valence-electron chi connectivity index (χ0n) is 8.98. The number of amides is 1. The molecular formula is C10H8BrN5OS. The molecule has 92 valence electrons. The van der Waals surface area contributed by atoms with Gasteiger partial charge >= 0.3 is 0 Å². The highest BCUT2D eigenvalue weighted by atomic mass is 79.9. The van der Waals surface area contributed by atoms with E-state index in [0.29, 0.717) is 21.4 Å². The van der Waals surface area contributed by atoms with Gasteiger partial charge in [-0.2, -0.15) is 5.10 Å². The van der Waals surface area contributed by atoms with Crippen molar-refractivity contribution >= 4 is 44.9 Å². The summed E-state index contributed by atoms with van der Waals surface area (Å²) in [4.78, 5) is 16.0. The van der Waals surface area contributed by atoms with Gasteiger partial charge in [0, 0.05) is 16.9 Å². The zero-order chi connectivity index (χ0) is 13.1. The molecule has 0 radical (unpaired) electrons. The molecule has 0 aromatic carbocycles.